The van der Waals surface area contributed by atoms with Crippen LogP contribution in [-0.4, -0.2) is 74.0 Å². The lowest BCUT2D eigenvalue weighted by Gasteiger charge is -2.23. The van der Waals surface area contributed by atoms with E-state index in [0.717, 1.165) is 39.6 Å². The van der Waals surface area contributed by atoms with Gasteiger partial charge < -0.3 is 29.2 Å². The summed E-state index contributed by atoms with van der Waals surface area (Å²) in [6.07, 6.45) is 0.697. The van der Waals surface area contributed by atoms with Crippen LogP contribution in [0.3, 0.4) is 0 Å². The minimum absolute atomic E-state index is 0.0732. The maximum absolute atomic E-state index is 9.60. The molecule has 0 aliphatic carbocycles. The first kappa shape index (κ1) is 25.3. The Labute approximate surface area is 160 Å². The number of carbonyl (C=O) groups is 2. The minimum atomic E-state index is -0.935. The third-order valence-electron chi connectivity index (χ3n) is 3.13. The molecule has 0 aromatic heterocycles. The average Bonchev–Trinajstić information content (AvgIpc) is 3.43. The van der Waals surface area contributed by atoms with E-state index < -0.39 is 11.9 Å². The topological polar surface area (TPSA) is 118 Å². The van der Waals surface area contributed by atoms with E-state index >= 15 is 0 Å². The first-order valence-corrected chi connectivity index (χ1v) is 8.61. The van der Waals surface area contributed by atoms with Crippen molar-refractivity contribution in [2.75, 3.05) is 39.6 Å². The van der Waals surface area contributed by atoms with Gasteiger partial charge in [0.2, 0.25) is 0 Å². The number of aliphatic carboxylic acids is 2. The van der Waals surface area contributed by atoms with Crippen molar-refractivity contribution in [1.82, 2.24) is 0 Å². The van der Waals surface area contributed by atoms with Crippen LogP contribution >= 0.6 is 0 Å². The molecule has 2 atom stereocenters. The van der Waals surface area contributed by atoms with E-state index in [1.807, 2.05) is 0 Å². The van der Waals surface area contributed by atoms with Crippen molar-refractivity contribution < 1.29 is 38.7 Å². The second kappa shape index (κ2) is 12.6. The normalized spacial score (nSPS) is 19.6. The van der Waals surface area contributed by atoms with E-state index in [2.05, 4.69) is 27.0 Å². The van der Waals surface area contributed by atoms with Gasteiger partial charge in [0.25, 0.3) is 0 Å². The van der Waals surface area contributed by atoms with Crippen molar-refractivity contribution in [3.63, 3.8) is 0 Å². The molecular weight excluding hydrogens is 356 g/mol. The van der Waals surface area contributed by atoms with Gasteiger partial charge in [0.15, 0.2) is 0 Å². The third-order valence-corrected chi connectivity index (χ3v) is 3.13. The molecule has 0 saturated carbocycles. The van der Waals surface area contributed by atoms with Gasteiger partial charge in [-0.1, -0.05) is 27.0 Å². The van der Waals surface area contributed by atoms with E-state index in [1.54, 1.807) is 0 Å². The van der Waals surface area contributed by atoms with E-state index in [0.29, 0.717) is 12.2 Å². The highest BCUT2D eigenvalue weighted by Crippen LogP contribution is 2.19. The van der Waals surface area contributed by atoms with Gasteiger partial charge in [0.1, 0.15) is 12.2 Å². The minimum Gasteiger partial charge on any atom is -0.478 e. The molecule has 0 radical (unpaired) electrons. The Kier molecular flexibility index (Phi) is 11.8. The van der Waals surface area contributed by atoms with Gasteiger partial charge in [-0.25, -0.2) is 9.59 Å². The van der Waals surface area contributed by atoms with Gasteiger partial charge in [-0.2, -0.15) is 0 Å². The summed E-state index contributed by atoms with van der Waals surface area (Å²) in [5.41, 5.74) is 0.425. The molecule has 2 aliphatic rings. The average molecular weight is 388 g/mol. The lowest BCUT2D eigenvalue weighted by atomic mass is 9.96. The Hall–Kier alpha value is -1.74. The molecule has 2 saturated heterocycles. The number of hydrogen-bond donors (Lipinski definition) is 2. The predicted molar refractivity (Wildman–Crippen MR) is 99.8 cm³/mol. The molecule has 0 amide bonds. The van der Waals surface area contributed by atoms with Crippen molar-refractivity contribution in [2.24, 2.45) is 5.41 Å². The summed E-state index contributed by atoms with van der Waals surface area (Å²) in [5.74, 6) is -1.87. The van der Waals surface area contributed by atoms with Crippen molar-refractivity contribution in [3.05, 3.63) is 24.3 Å². The maximum atomic E-state index is 9.60. The molecule has 2 heterocycles. The van der Waals surface area contributed by atoms with Crippen LogP contribution in [0.2, 0.25) is 0 Å². The number of ether oxygens (including phenoxy) is 4. The quantitative estimate of drug-likeness (QED) is 0.432. The van der Waals surface area contributed by atoms with Crippen molar-refractivity contribution in [1.29, 1.82) is 0 Å². The summed E-state index contributed by atoms with van der Waals surface area (Å²) in [5, 5.41) is 15.8. The molecule has 2 N–H and O–H groups in total. The van der Waals surface area contributed by atoms with Crippen LogP contribution in [0.4, 0.5) is 0 Å². The second-order valence-corrected chi connectivity index (χ2v) is 7.28. The molecule has 2 unspecified atom stereocenters. The molecule has 0 bridgehead atoms. The number of carboxylic acid groups (broad SMARTS) is 2. The lowest BCUT2D eigenvalue weighted by Crippen LogP contribution is -2.27. The fraction of sp³-hybridized carbons (Fsp3) is 0.684. The highest BCUT2D eigenvalue weighted by Gasteiger charge is 2.27. The molecule has 8 heteroatoms. The molecule has 0 spiro atoms. The Morgan fingerprint density at radius 1 is 0.926 bits per heavy atom. The van der Waals surface area contributed by atoms with Crippen LogP contribution in [0.5, 0.6) is 0 Å². The standard InChI is InChI=1S/C11H20O4.2C4H6O2/c1-11(2,7-12-3-9-5-14-9)8-13-4-10-6-15-10;2*1-3(2)4(5)6/h9-10H,3-8H2,1-2H3;2*1H2,2H3,(H,5,6). The maximum Gasteiger partial charge on any atom is 0.330 e. The summed E-state index contributed by atoms with van der Waals surface area (Å²) >= 11 is 0. The highest BCUT2D eigenvalue weighted by molar-refractivity contribution is 5.85. The van der Waals surface area contributed by atoms with Gasteiger partial charge in [-0.05, 0) is 13.8 Å². The van der Waals surface area contributed by atoms with E-state index in [4.69, 9.17) is 29.2 Å². The van der Waals surface area contributed by atoms with E-state index in [9.17, 15) is 9.59 Å². The number of carboxylic acids is 2. The zero-order valence-electron chi connectivity index (χ0n) is 16.7. The number of rotatable bonds is 10. The molecular formula is C19H32O8. The highest BCUT2D eigenvalue weighted by atomic mass is 16.6. The smallest absolute Gasteiger partial charge is 0.330 e. The van der Waals surface area contributed by atoms with Crippen LogP contribution in [0.25, 0.3) is 0 Å². The molecule has 27 heavy (non-hydrogen) atoms. The Bertz CT molecular complexity index is 436. The van der Waals surface area contributed by atoms with Crippen molar-refractivity contribution in [2.45, 2.75) is 39.9 Å². The fourth-order valence-corrected chi connectivity index (χ4v) is 1.30. The predicted octanol–water partition coefficient (Wildman–Crippen LogP) is 2.14. The van der Waals surface area contributed by atoms with Gasteiger partial charge in [0, 0.05) is 16.6 Å². The summed E-state index contributed by atoms with van der Waals surface area (Å²) in [6, 6.07) is 0. The summed E-state index contributed by atoms with van der Waals surface area (Å²) in [4.78, 5) is 19.2. The Morgan fingerprint density at radius 3 is 1.37 bits per heavy atom. The van der Waals surface area contributed by atoms with Gasteiger partial charge in [-0.15, -0.1) is 0 Å². The lowest BCUT2D eigenvalue weighted by molar-refractivity contribution is -0.133. The Balaban J connectivity index is 0.000000470. The SMILES string of the molecule is C=C(C)C(=O)O.C=C(C)C(=O)O.CC(C)(COCC1CO1)COCC1CO1. The molecule has 2 fully saturated rings. The third kappa shape index (κ3) is 17.4. The first-order valence-electron chi connectivity index (χ1n) is 8.61. The zero-order valence-corrected chi connectivity index (χ0v) is 16.7. The van der Waals surface area contributed by atoms with Crippen LogP contribution in [0.15, 0.2) is 24.3 Å². The van der Waals surface area contributed by atoms with Crippen LogP contribution in [0.1, 0.15) is 27.7 Å². The van der Waals surface area contributed by atoms with Crippen LogP contribution < -0.4 is 0 Å². The summed E-state index contributed by atoms with van der Waals surface area (Å²) in [6.45, 7) is 18.1. The van der Waals surface area contributed by atoms with Gasteiger partial charge >= 0.3 is 11.9 Å². The molecule has 8 nitrogen and oxygen atoms in total. The van der Waals surface area contributed by atoms with Crippen LogP contribution in [-0.2, 0) is 28.5 Å². The Morgan fingerprint density at radius 2 is 1.19 bits per heavy atom. The van der Waals surface area contributed by atoms with Crippen molar-refractivity contribution in [3.8, 4) is 0 Å². The summed E-state index contributed by atoms with van der Waals surface area (Å²) in [7, 11) is 0. The first-order chi connectivity index (χ1) is 12.4. The van der Waals surface area contributed by atoms with Crippen LogP contribution in [0, 0.1) is 5.41 Å². The summed E-state index contributed by atoms with van der Waals surface area (Å²) < 4.78 is 21.3. The number of epoxide rings is 2. The molecule has 2 aliphatic heterocycles. The molecule has 0 aromatic rings. The van der Waals surface area contributed by atoms with Crippen molar-refractivity contribution >= 4 is 11.9 Å². The molecule has 2 rings (SSSR count). The second-order valence-electron chi connectivity index (χ2n) is 7.28. The number of hydrogen-bond acceptors (Lipinski definition) is 6. The van der Waals surface area contributed by atoms with Gasteiger partial charge in [0.05, 0.1) is 39.6 Å². The van der Waals surface area contributed by atoms with Gasteiger partial charge in [-0.3, -0.25) is 0 Å². The van der Waals surface area contributed by atoms with E-state index in [1.165, 1.54) is 13.8 Å². The monoisotopic (exact) mass is 388 g/mol. The molecule has 0 aromatic carbocycles. The molecule has 156 valence electrons. The van der Waals surface area contributed by atoms with E-state index in [-0.39, 0.29) is 16.6 Å². The largest absolute Gasteiger partial charge is 0.478 e. The zero-order chi connectivity index (χ0) is 21.0. The fourth-order valence-electron chi connectivity index (χ4n) is 1.30.